The first-order valence-electron chi connectivity index (χ1n) is 8.89. The highest BCUT2D eigenvalue weighted by atomic mass is 15.1. The van der Waals surface area contributed by atoms with E-state index in [2.05, 4.69) is 32.6 Å². The van der Waals surface area contributed by atoms with Gasteiger partial charge in [-0.25, -0.2) is 0 Å². The third-order valence-corrected chi connectivity index (χ3v) is 5.28. The Bertz CT molecular complexity index is 244. The summed E-state index contributed by atoms with van der Waals surface area (Å²) in [6.45, 7) is 14.3. The van der Waals surface area contributed by atoms with Gasteiger partial charge in [-0.1, -0.05) is 34.1 Å². The van der Waals surface area contributed by atoms with Gasteiger partial charge in [0, 0.05) is 0 Å². The molecule has 1 rings (SSSR count). The van der Waals surface area contributed by atoms with Crippen molar-refractivity contribution in [1.82, 2.24) is 4.90 Å². The third kappa shape index (κ3) is 6.58. The van der Waals surface area contributed by atoms with Crippen LogP contribution in [0.1, 0.15) is 72.6 Å². The van der Waals surface area contributed by atoms with E-state index in [0.29, 0.717) is 5.41 Å². The molecule has 2 N–H and O–H groups in total. The first kappa shape index (κ1) is 18.0. The third-order valence-electron chi connectivity index (χ3n) is 5.28. The van der Waals surface area contributed by atoms with Crippen LogP contribution in [0.2, 0.25) is 0 Å². The van der Waals surface area contributed by atoms with Crippen LogP contribution in [0.25, 0.3) is 0 Å². The van der Waals surface area contributed by atoms with Crippen LogP contribution in [0.5, 0.6) is 0 Å². The molecular weight excluding hydrogens is 244 g/mol. The van der Waals surface area contributed by atoms with Gasteiger partial charge in [-0.2, -0.15) is 0 Å². The van der Waals surface area contributed by atoms with Crippen molar-refractivity contribution in [1.29, 1.82) is 0 Å². The fourth-order valence-electron chi connectivity index (χ4n) is 3.64. The maximum atomic E-state index is 5.69. The molecule has 1 saturated heterocycles. The topological polar surface area (TPSA) is 29.3 Å². The van der Waals surface area contributed by atoms with Crippen LogP contribution in [-0.4, -0.2) is 31.1 Å². The number of likely N-dealkylation sites (tertiary alicyclic amines) is 1. The second-order valence-electron chi connectivity index (χ2n) is 7.83. The fraction of sp³-hybridized carbons (Fsp3) is 1.00. The number of hydrogen-bond donors (Lipinski definition) is 1. The van der Waals surface area contributed by atoms with Gasteiger partial charge >= 0.3 is 0 Å². The molecule has 1 aliphatic rings. The minimum Gasteiger partial charge on any atom is -0.330 e. The summed E-state index contributed by atoms with van der Waals surface area (Å²) in [6.07, 6.45) is 9.44. The van der Waals surface area contributed by atoms with Crippen molar-refractivity contribution in [3.63, 3.8) is 0 Å². The Labute approximate surface area is 127 Å². The molecule has 0 bridgehead atoms. The summed E-state index contributed by atoms with van der Waals surface area (Å²) in [5.74, 6) is 1.77. The summed E-state index contributed by atoms with van der Waals surface area (Å²) >= 11 is 0. The zero-order chi connectivity index (χ0) is 15.0. The van der Waals surface area contributed by atoms with Gasteiger partial charge in [0.25, 0.3) is 0 Å². The molecule has 20 heavy (non-hydrogen) atoms. The highest BCUT2D eigenvalue weighted by molar-refractivity contribution is 4.78. The van der Waals surface area contributed by atoms with Gasteiger partial charge in [0.2, 0.25) is 0 Å². The molecule has 0 saturated carbocycles. The Balaban J connectivity index is 2.25. The van der Waals surface area contributed by atoms with Gasteiger partial charge in [-0.05, 0) is 82.0 Å². The van der Waals surface area contributed by atoms with Crippen molar-refractivity contribution in [3.05, 3.63) is 0 Å². The lowest BCUT2D eigenvalue weighted by Gasteiger charge is -2.29. The van der Waals surface area contributed by atoms with Crippen molar-refractivity contribution >= 4 is 0 Å². The maximum absolute atomic E-state index is 5.69. The monoisotopic (exact) mass is 282 g/mol. The van der Waals surface area contributed by atoms with Crippen molar-refractivity contribution in [3.8, 4) is 0 Å². The maximum Gasteiger partial charge on any atom is -0.00159 e. The molecule has 2 atom stereocenters. The van der Waals surface area contributed by atoms with E-state index in [-0.39, 0.29) is 0 Å². The molecule has 0 aromatic heterocycles. The lowest BCUT2D eigenvalue weighted by atomic mass is 9.77. The molecule has 2 unspecified atom stereocenters. The van der Waals surface area contributed by atoms with E-state index in [1.165, 1.54) is 64.6 Å². The van der Waals surface area contributed by atoms with Crippen LogP contribution in [0.4, 0.5) is 0 Å². The standard InChI is InChI=1S/C18H38N2/c1-5-16(10-12-19)8-6-13-20-14-7-9-17(11-15-20)18(2,3)4/h16-17H,5-15,19H2,1-4H3. The highest BCUT2D eigenvalue weighted by Gasteiger charge is 2.26. The van der Waals surface area contributed by atoms with Crippen LogP contribution in [0, 0.1) is 17.3 Å². The van der Waals surface area contributed by atoms with Crippen LogP contribution in [-0.2, 0) is 0 Å². The van der Waals surface area contributed by atoms with Crippen LogP contribution < -0.4 is 5.73 Å². The molecule has 0 spiro atoms. The van der Waals surface area contributed by atoms with Gasteiger partial charge in [0.15, 0.2) is 0 Å². The molecule has 1 heterocycles. The molecule has 0 aromatic carbocycles. The number of nitrogens with two attached hydrogens (primary N) is 1. The van der Waals surface area contributed by atoms with Crippen molar-refractivity contribution in [2.24, 2.45) is 23.0 Å². The van der Waals surface area contributed by atoms with Gasteiger partial charge in [0.05, 0.1) is 0 Å². The smallest absolute Gasteiger partial charge is 0.00159 e. The Kier molecular flexibility index (Phi) is 8.13. The summed E-state index contributed by atoms with van der Waals surface area (Å²) in [5.41, 5.74) is 6.18. The quantitative estimate of drug-likeness (QED) is 0.755. The van der Waals surface area contributed by atoms with Crippen molar-refractivity contribution in [2.45, 2.75) is 72.6 Å². The molecule has 0 radical (unpaired) electrons. The van der Waals surface area contributed by atoms with Gasteiger partial charge in [-0.15, -0.1) is 0 Å². The normalized spacial score (nSPS) is 23.6. The Morgan fingerprint density at radius 1 is 1.15 bits per heavy atom. The van der Waals surface area contributed by atoms with E-state index in [1.807, 2.05) is 0 Å². The average Bonchev–Trinajstić information content (AvgIpc) is 2.63. The Morgan fingerprint density at radius 3 is 2.50 bits per heavy atom. The second-order valence-corrected chi connectivity index (χ2v) is 7.83. The predicted molar refractivity (Wildman–Crippen MR) is 89.9 cm³/mol. The molecular formula is C18H38N2. The van der Waals surface area contributed by atoms with Gasteiger partial charge < -0.3 is 10.6 Å². The minimum atomic E-state index is 0.491. The molecule has 120 valence electrons. The summed E-state index contributed by atoms with van der Waals surface area (Å²) in [6, 6.07) is 0. The molecule has 2 heteroatoms. The Hall–Kier alpha value is -0.0800. The molecule has 1 fully saturated rings. The van der Waals surface area contributed by atoms with Crippen LogP contribution in [0.15, 0.2) is 0 Å². The second kappa shape index (κ2) is 9.04. The lowest BCUT2D eigenvalue weighted by molar-refractivity contribution is 0.206. The molecule has 0 aliphatic carbocycles. The summed E-state index contributed by atoms with van der Waals surface area (Å²) < 4.78 is 0. The summed E-state index contributed by atoms with van der Waals surface area (Å²) in [4.78, 5) is 2.71. The largest absolute Gasteiger partial charge is 0.330 e. The molecule has 2 nitrogen and oxygen atoms in total. The molecule has 0 amide bonds. The van der Waals surface area contributed by atoms with E-state index < -0.39 is 0 Å². The van der Waals surface area contributed by atoms with Gasteiger partial charge in [0.1, 0.15) is 0 Å². The minimum absolute atomic E-state index is 0.491. The van der Waals surface area contributed by atoms with Crippen molar-refractivity contribution < 1.29 is 0 Å². The van der Waals surface area contributed by atoms with E-state index in [9.17, 15) is 0 Å². The molecule has 1 aliphatic heterocycles. The first-order valence-corrected chi connectivity index (χ1v) is 8.89. The summed E-state index contributed by atoms with van der Waals surface area (Å²) in [7, 11) is 0. The zero-order valence-electron chi connectivity index (χ0n) is 14.5. The van der Waals surface area contributed by atoms with E-state index in [1.54, 1.807) is 0 Å². The van der Waals surface area contributed by atoms with Crippen LogP contribution in [0.3, 0.4) is 0 Å². The van der Waals surface area contributed by atoms with Crippen molar-refractivity contribution in [2.75, 3.05) is 26.2 Å². The predicted octanol–water partition coefficient (Wildman–Crippen LogP) is 4.29. The summed E-state index contributed by atoms with van der Waals surface area (Å²) in [5, 5.41) is 0. The van der Waals surface area contributed by atoms with E-state index in [4.69, 9.17) is 5.73 Å². The highest BCUT2D eigenvalue weighted by Crippen LogP contribution is 2.34. The number of hydrogen-bond acceptors (Lipinski definition) is 2. The van der Waals surface area contributed by atoms with E-state index in [0.717, 1.165) is 18.4 Å². The lowest BCUT2D eigenvalue weighted by Crippen LogP contribution is -2.27. The fourth-order valence-corrected chi connectivity index (χ4v) is 3.64. The van der Waals surface area contributed by atoms with Gasteiger partial charge in [-0.3, -0.25) is 0 Å². The first-order chi connectivity index (χ1) is 9.47. The Morgan fingerprint density at radius 2 is 1.90 bits per heavy atom. The number of nitrogens with zero attached hydrogens (tertiary/aromatic N) is 1. The SMILES string of the molecule is CCC(CCN)CCCN1CCCC(C(C)(C)C)CC1. The van der Waals surface area contributed by atoms with Crippen LogP contribution >= 0.6 is 0 Å². The zero-order valence-corrected chi connectivity index (χ0v) is 14.5. The molecule has 0 aromatic rings. The average molecular weight is 283 g/mol. The number of rotatable bonds is 7. The van der Waals surface area contributed by atoms with E-state index >= 15 is 0 Å².